The molecule has 0 heterocycles. The van der Waals surface area contributed by atoms with Gasteiger partial charge in [-0.3, -0.25) is 4.79 Å². The molecule has 0 aliphatic heterocycles. The molecule has 0 fully saturated rings. The Labute approximate surface area is 171 Å². The predicted octanol–water partition coefficient (Wildman–Crippen LogP) is 4.76. The Balaban J connectivity index is 1.38. The fourth-order valence-corrected chi connectivity index (χ4v) is 2.85. The van der Waals surface area contributed by atoms with E-state index in [1.54, 1.807) is 7.11 Å². The van der Waals surface area contributed by atoms with Crippen LogP contribution >= 0.6 is 0 Å². The van der Waals surface area contributed by atoms with Crippen molar-refractivity contribution >= 4 is 17.3 Å². The molecule has 0 saturated heterocycles. The van der Waals surface area contributed by atoms with E-state index in [1.807, 2.05) is 72.8 Å². The molecule has 3 rings (SSSR count). The number of ether oxygens (including phenoxy) is 2. The number of carbonyl (C=O) groups is 1. The van der Waals surface area contributed by atoms with Crippen molar-refractivity contribution in [3.63, 3.8) is 0 Å². The Morgan fingerprint density at radius 3 is 2.34 bits per heavy atom. The summed E-state index contributed by atoms with van der Waals surface area (Å²) in [6, 6.07) is 25.3. The summed E-state index contributed by atoms with van der Waals surface area (Å²) in [5.74, 6) is 1.57. The number of nitrogens with one attached hydrogen (secondary N) is 2. The van der Waals surface area contributed by atoms with Crippen molar-refractivity contribution in [1.29, 1.82) is 0 Å². The zero-order chi connectivity index (χ0) is 20.3. The quantitative estimate of drug-likeness (QED) is 0.524. The smallest absolute Gasteiger partial charge is 0.227 e. The van der Waals surface area contributed by atoms with Gasteiger partial charge in [-0.25, -0.2) is 0 Å². The fraction of sp³-hybridized carbons (Fsp3) is 0.208. The highest BCUT2D eigenvalue weighted by molar-refractivity contribution is 5.90. The topological polar surface area (TPSA) is 59.6 Å². The van der Waals surface area contributed by atoms with Gasteiger partial charge in [0.1, 0.15) is 11.5 Å². The van der Waals surface area contributed by atoms with Crippen LogP contribution in [0.3, 0.4) is 0 Å². The highest BCUT2D eigenvalue weighted by Crippen LogP contribution is 2.16. The lowest BCUT2D eigenvalue weighted by Gasteiger charge is -2.10. The Morgan fingerprint density at radius 2 is 1.59 bits per heavy atom. The molecule has 150 valence electrons. The van der Waals surface area contributed by atoms with Crippen molar-refractivity contribution in [3.8, 4) is 11.5 Å². The van der Waals surface area contributed by atoms with E-state index in [9.17, 15) is 4.79 Å². The van der Waals surface area contributed by atoms with Gasteiger partial charge in [-0.1, -0.05) is 30.3 Å². The number of para-hydroxylation sites is 1. The third-order valence-corrected chi connectivity index (χ3v) is 4.39. The highest BCUT2D eigenvalue weighted by atomic mass is 16.5. The summed E-state index contributed by atoms with van der Waals surface area (Å²) < 4.78 is 10.8. The number of rotatable bonds is 10. The molecule has 0 radical (unpaired) electrons. The number of amides is 1. The summed E-state index contributed by atoms with van der Waals surface area (Å²) in [4.78, 5) is 12.1. The van der Waals surface area contributed by atoms with Crippen molar-refractivity contribution in [1.82, 2.24) is 0 Å². The molecule has 0 aliphatic carbocycles. The molecule has 0 unspecified atom stereocenters. The van der Waals surface area contributed by atoms with Crippen LogP contribution in [0.2, 0.25) is 0 Å². The summed E-state index contributed by atoms with van der Waals surface area (Å²) in [7, 11) is 1.67. The summed E-state index contributed by atoms with van der Waals surface area (Å²) in [6.45, 7) is 1.16. The summed E-state index contributed by atoms with van der Waals surface area (Å²) in [5.41, 5.74) is 3.00. The third kappa shape index (κ3) is 6.88. The molecule has 0 aliphatic rings. The van der Waals surface area contributed by atoms with Gasteiger partial charge in [0.25, 0.3) is 0 Å². The summed E-state index contributed by atoms with van der Waals surface area (Å²) >= 11 is 0. The van der Waals surface area contributed by atoms with Crippen molar-refractivity contribution in [2.24, 2.45) is 0 Å². The first kappa shape index (κ1) is 20.3. The molecule has 1 amide bonds. The van der Waals surface area contributed by atoms with Crippen molar-refractivity contribution in [2.75, 3.05) is 30.9 Å². The minimum Gasteiger partial charge on any atom is -0.497 e. The number of anilines is 2. The fourth-order valence-electron chi connectivity index (χ4n) is 2.85. The Hall–Kier alpha value is -3.47. The first-order valence-electron chi connectivity index (χ1n) is 9.67. The van der Waals surface area contributed by atoms with E-state index in [0.717, 1.165) is 35.8 Å². The molecule has 0 saturated carbocycles. The van der Waals surface area contributed by atoms with E-state index in [2.05, 4.69) is 16.7 Å². The normalized spacial score (nSPS) is 10.2. The minimum atomic E-state index is -0.0698. The van der Waals surface area contributed by atoms with E-state index >= 15 is 0 Å². The number of methoxy groups -OCH3 is 1. The predicted molar refractivity (Wildman–Crippen MR) is 117 cm³/mol. The zero-order valence-electron chi connectivity index (χ0n) is 16.6. The maximum Gasteiger partial charge on any atom is 0.227 e. The van der Waals surface area contributed by atoms with Gasteiger partial charge in [0.2, 0.25) is 5.91 Å². The molecule has 3 aromatic rings. The van der Waals surface area contributed by atoms with E-state index < -0.39 is 0 Å². The molecular weight excluding hydrogens is 364 g/mol. The van der Waals surface area contributed by atoms with Crippen LogP contribution in [0.15, 0.2) is 78.9 Å². The van der Waals surface area contributed by atoms with Gasteiger partial charge >= 0.3 is 0 Å². The molecule has 2 N–H and O–H groups in total. The molecule has 0 aromatic heterocycles. The van der Waals surface area contributed by atoms with Crippen molar-refractivity contribution in [2.45, 2.75) is 12.8 Å². The number of benzene rings is 3. The van der Waals surface area contributed by atoms with Crippen LogP contribution in [-0.4, -0.2) is 26.2 Å². The molecule has 3 aromatic carbocycles. The maximum atomic E-state index is 12.1. The average molecular weight is 390 g/mol. The van der Waals surface area contributed by atoms with E-state index in [4.69, 9.17) is 9.47 Å². The van der Waals surface area contributed by atoms with Crippen molar-refractivity contribution < 1.29 is 14.3 Å². The van der Waals surface area contributed by atoms with Crippen LogP contribution in [-0.2, 0) is 11.2 Å². The second kappa shape index (κ2) is 10.8. The van der Waals surface area contributed by atoms with E-state index in [1.165, 1.54) is 5.56 Å². The molecule has 0 spiro atoms. The zero-order valence-corrected chi connectivity index (χ0v) is 16.6. The van der Waals surface area contributed by atoms with Crippen LogP contribution in [0.4, 0.5) is 11.4 Å². The lowest BCUT2D eigenvalue weighted by molar-refractivity contribution is -0.116. The molecular formula is C24H26N2O3. The van der Waals surface area contributed by atoms with Gasteiger partial charge < -0.3 is 20.1 Å². The molecule has 29 heavy (non-hydrogen) atoms. The van der Waals surface area contributed by atoms with Gasteiger partial charge in [0, 0.05) is 17.9 Å². The van der Waals surface area contributed by atoms with E-state index in [0.29, 0.717) is 13.0 Å². The third-order valence-electron chi connectivity index (χ3n) is 4.39. The van der Waals surface area contributed by atoms with Crippen LogP contribution < -0.4 is 20.1 Å². The number of hydrogen-bond acceptors (Lipinski definition) is 4. The van der Waals surface area contributed by atoms with Gasteiger partial charge in [-0.15, -0.1) is 0 Å². The Bertz CT molecular complexity index is 896. The largest absolute Gasteiger partial charge is 0.497 e. The van der Waals surface area contributed by atoms with Gasteiger partial charge in [0.15, 0.2) is 0 Å². The second-order valence-corrected chi connectivity index (χ2v) is 6.57. The molecule has 0 atom stereocenters. The Kier molecular flexibility index (Phi) is 7.52. The standard InChI is InChI=1S/C24H26N2O3/c1-28-23-9-5-6-19(18-23)14-16-25-20-10-12-21(13-11-20)26-24(27)15-17-29-22-7-3-2-4-8-22/h2-13,18,25H,14-17H2,1H3,(H,26,27). The van der Waals surface area contributed by atoms with Crippen LogP contribution in [0.25, 0.3) is 0 Å². The number of hydrogen-bond donors (Lipinski definition) is 2. The molecule has 0 bridgehead atoms. The lowest BCUT2D eigenvalue weighted by atomic mass is 10.1. The Morgan fingerprint density at radius 1 is 0.862 bits per heavy atom. The molecule has 5 nitrogen and oxygen atoms in total. The van der Waals surface area contributed by atoms with Gasteiger partial charge in [0.05, 0.1) is 20.1 Å². The van der Waals surface area contributed by atoms with Crippen LogP contribution in [0.1, 0.15) is 12.0 Å². The summed E-state index contributed by atoms with van der Waals surface area (Å²) in [5, 5.41) is 6.28. The SMILES string of the molecule is COc1cccc(CCNc2ccc(NC(=O)CCOc3ccccc3)cc2)c1. The first-order chi connectivity index (χ1) is 14.2. The second-order valence-electron chi connectivity index (χ2n) is 6.57. The van der Waals surface area contributed by atoms with Crippen molar-refractivity contribution in [3.05, 3.63) is 84.4 Å². The number of carbonyl (C=O) groups excluding carboxylic acids is 1. The summed E-state index contributed by atoms with van der Waals surface area (Å²) in [6.07, 6.45) is 1.20. The van der Waals surface area contributed by atoms with Gasteiger partial charge in [-0.2, -0.15) is 0 Å². The van der Waals surface area contributed by atoms with Gasteiger partial charge in [-0.05, 0) is 60.5 Å². The first-order valence-corrected chi connectivity index (χ1v) is 9.67. The monoisotopic (exact) mass is 390 g/mol. The maximum absolute atomic E-state index is 12.1. The highest BCUT2D eigenvalue weighted by Gasteiger charge is 2.03. The minimum absolute atomic E-state index is 0.0698. The van der Waals surface area contributed by atoms with Crippen LogP contribution in [0, 0.1) is 0 Å². The van der Waals surface area contributed by atoms with Crippen LogP contribution in [0.5, 0.6) is 11.5 Å². The van der Waals surface area contributed by atoms with E-state index in [-0.39, 0.29) is 5.91 Å². The lowest BCUT2D eigenvalue weighted by Crippen LogP contribution is -2.15. The average Bonchev–Trinajstić information content (AvgIpc) is 2.76. The molecule has 5 heteroatoms.